The Morgan fingerprint density at radius 3 is 1.89 bits per heavy atom. The van der Waals surface area contributed by atoms with Crippen LogP contribution in [0.3, 0.4) is 0 Å². The van der Waals surface area contributed by atoms with Crippen LogP contribution in [-0.2, 0) is 14.3 Å². The van der Waals surface area contributed by atoms with Crippen LogP contribution in [0.1, 0.15) is 6.92 Å². The van der Waals surface area contributed by atoms with Gasteiger partial charge in [0.15, 0.2) is 0 Å². The second kappa shape index (κ2) is 10.2. The van der Waals surface area contributed by atoms with Gasteiger partial charge in [-0.3, -0.25) is 4.79 Å². The van der Waals surface area contributed by atoms with Gasteiger partial charge >= 0.3 is 5.97 Å². The van der Waals surface area contributed by atoms with Gasteiger partial charge < -0.3 is 9.47 Å². The van der Waals surface area contributed by atoms with Crippen LogP contribution in [0.2, 0.25) is 0 Å². The number of esters is 1. The van der Waals surface area contributed by atoms with Crippen molar-refractivity contribution in [2.75, 3.05) is 14.2 Å². The molecule has 0 aromatic rings. The number of carbonyl (C=O) groups excluding carboxylic acids is 1. The molecule has 0 aliphatic heterocycles. The van der Waals surface area contributed by atoms with Gasteiger partial charge in [-0.2, -0.15) is 0 Å². The lowest BCUT2D eigenvalue weighted by molar-refractivity contribution is -0.135. The molecule has 0 unspecified atom stereocenters. The summed E-state index contributed by atoms with van der Waals surface area (Å²) in [5.41, 5.74) is 0. The molecule has 0 aliphatic carbocycles. The highest BCUT2D eigenvalue weighted by molar-refractivity contribution is 5.66. The van der Waals surface area contributed by atoms with Crippen molar-refractivity contribution in [2.45, 2.75) is 6.92 Å². The molecular weight excluding hydrogens is 120 g/mol. The van der Waals surface area contributed by atoms with Gasteiger partial charge in [-0.15, -0.1) is 0 Å². The Hall–Kier alpha value is -0.830. The van der Waals surface area contributed by atoms with E-state index in [-0.39, 0.29) is 5.97 Å². The third-order valence-corrected chi connectivity index (χ3v) is 0.249. The van der Waals surface area contributed by atoms with Gasteiger partial charge in [0.2, 0.25) is 0 Å². The molecule has 0 fully saturated rings. The van der Waals surface area contributed by atoms with Gasteiger partial charge in [-0.25, -0.2) is 0 Å². The lowest BCUT2D eigenvalue weighted by Gasteiger charge is -1.83. The molecule has 0 N–H and O–H groups in total. The molecule has 0 aromatic carbocycles. The first-order valence-corrected chi connectivity index (χ1v) is 2.37. The van der Waals surface area contributed by atoms with Crippen molar-refractivity contribution in [3.63, 3.8) is 0 Å². The van der Waals surface area contributed by atoms with Crippen LogP contribution in [0.4, 0.5) is 0 Å². The Bertz CT molecular complexity index is 78.4. The fraction of sp³-hybridized carbons (Fsp3) is 0.500. The minimum absolute atomic E-state index is 0.329. The Morgan fingerprint density at radius 2 is 1.89 bits per heavy atom. The van der Waals surface area contributed by atoms with E-state index in [2.05, 4.69) is 16.1 Å². The van der Waals surface area contributed by atoms with Crippen molar-refractivity contribution in [1.82, 2.24) is 0 Å². The van der Waals surface area contributed by atoms with Gasteiger partial charge in [-0.1, -0.05) is 6.58 Å². The van der Waals surface area contributed by atoms with E-state index in [0.717, 1.165) is 6.26 Å². The van der Waals surface area contributed by atoms with E-state index in [4.69, 9.17) is 0 Å². The lowest BCUT2D eigenvalue weighted by atomic mass is 10.8. The van der Waals surface area contributed by atoms with Gasteiger partial charge in [-0.05, 0) is 0 Å². The maximum Gasteiger partial charge on any atom is 0.307 e. The summed E-state index contributed by atoms with van der Waals surface area (Å²) in [7, 11) is 3.25. The average molecular weight is 132 g/mol. The summed E-state index contributed by atoms with van der Waals surface area (Å²) in [6, 6.07) is 0. The maximum atomic E-state index is 9.75. The van der Waals surface area contributed by atoms with E-state index in [9.17, 15) is 4.79 Å². The summed E-state index contributed by atoms with van der Waals surface area (Å²) in [5.74, 6) is -0.329. The predicted molar refractivity (Wildman–Crippen MR) is 34.9 cm³/mol. The molecule has 3 heteroatoms. The molecule has 0 bridgehead atoms. The van der Waals surface area contributed by atoms with Crippen LogP contribution >= 0.6 is 0 Å². The highest BCUT2D eigenvalue weighted by atomic mass is 16.5. The number of carbonyl (C=O) groups is 1. The first-order chi connectivity index (χ1) is 4.18. The predicted octanol–water partition coefficient (Wildman–Crippen LogP) is 0.956. The zero-order chi connectivity index (χ0) is 7.70. The summed E-state index contributed by atoms with van der Waals surface area (Å²) in [6.45, 7) is 4.48. The number of hydrogen-bond donors (Lipinski definition) is 0. The van der Waals surface area contributed by atoms with Crippen molar-refractivity contribution < 1.29 is 14.3 Å². The van der Waals surface area contributed by atoms with E-state index >= 15 is 0 Å². The topological polar surface area (TPSA) is 35.5 Å². The third kappa shape index (κ3) is 40.7. The molecule has 0 aromatic heterocycles. The van der Waals surface area contributed by atoms with E-state index in [0.29, 0.717) is 0 Å². The molecular formula is C6H12O3. The minimum atomic E-state index is -0.329. The van der Waals surface area contributed by atoms with Crippen molar-refractivity contribution in [2.24, 2.45) is 0 Å². The largest absolute Gasteiger partial charge is 0.435 e. The van der Waals surface area contributed by atoms with E-state index in [1.165, 1.54) is 6.92 Å². The maximum absolute atomic E-state index is 9.75. The van der Waals surface area contributed by atoms with Crippen LogP contribution < -0.4 is 0 Å². The first kappa shape index (κ1) is 11.0. The third-order valence-electron chi connectivity index (χ3n) is 0.249. The zero-order valence-corrected chi connectivity index (χ0v) is 6.01. The summed E-state index contributed by atoms with van der Waals surface area (Å²) < 4.78 is 8.42. The molecule has 54 valence electrons. The summed E-state index contributed by atoms with van der Waals surface area (Å²) in [6.07, 6.45) is 1.10. The molecule has 3 nitrogen and oxygen atoms in total. The van der Waals surface area contributed by atoms with Crippen molar-refractivity contribution in [3.8, 4) is 0 Å². The highest BCUT2D eigenvalue weighted by Gasteiger charge is 1.79. The van der Waals surface area contributed by atoms with Crippen LogP contribution in [0, 0.1) is 0 Å². The van der Waals surface area contributed by atoms with Crippen LogP contribution in [0.5, 0.6) is 0 Å². The highest BCUT2D eigenvalue weighted by Crippen LogP contribution is 1.70. The van der Waals surface area contributed by atoms with Crippen molar-refractivity contribution in [3.05, 3.63) is 12.8 Å². The van der Waals surface area contributed by atoms with Crippen molar-refractivity contribution >= 4 is 5.97 Å². The Kier molecular flexibility index (Phi) is 12.5. The van der Waals surface area contributed by atoms with Crippen LogP contribution in [0.15, 0.2) is 12.8 Å². The lowest BCUT2D eigenvalue weighted by Crippen LogP contribution is -1.87. The summed E-state index contributed by atoms with van der Waals surface area (Å²) >= 11 is 0. The smallest absolute Gasteiger partial charge is 0.307 e. The quantitative estimate of drug-likeness (QED) is 0.393. The van der Waals surface area contributed by atoms with Gasteiger partial charge in [0, 0.05) is 21.1 Å². The number of hydrogen-bond acceptors (Lipinski definition) is 3. The molecule has 0 heterocycles. The zero-order valence-electron chi connectivity index (χ0n) is 6.01. The number of methoxy groups -OCH3 is 1. The molecule has 0 saturated carbocycles. The fourth-order valence-electron chi connectivity index (χ4n) is 0.117. The molecule has 0 saturated heterocycles. The molecule has 0 amide bonds. The molecule has 0 aliphatic rings. The summed E-state index contributed by atoms with van der Waals surface area (Å²) in [5, 5.41) is 0. The Labute approximate surface area is 55.3 Å². The molecule has 0 spiro atoms. The SMILES string of the molecule is C=COC(C)=O.COC. The second-order valence-corrected chi connectivity index (χ2v) is 1.18. The van der Waals surface area contributed by atoms with Crippen LogP contribution in [-0.4, -0.2) is 20.2 Å². The average Bonchev–Trinajstić information content (AvgIpc) is 1.67. The fourth-order valence-corrected chi connectivity index (χ4v) is 0.117. The first-order valence-electron chi connectivity index (χ1n) is 2.37. The van der Waals surface area contributed by atoms with Crippen LogP contribution in [0.25, 0.3) is 0 Å². The standard InChI is InChI=1S/C4H6O2.C2H6O/c1-3-6-4(2)5;1-3-2/h3H,1H2,2H3;1-2H3. The van der Waals surface area contributed by atoms with E-state index in [1.807, 2.05) is 0 Å². The molecule has 0 atom stereocenters. The molecule has 0 rings (SSSR count). The summed E-state index contributed by atoms with van der Waals surface area (Å²) in [4.78, 5) is 9.75. The van der Waals surface area contributed by atoms with E-state index in [1.54, 1.807) is 14.2 Å². The molecule has 9 heavy (non-hydrogen) atoms. The molecule has 0 radical (unpaired) electrons. The van der Waals surface area contributed by atoms with Gasteiger partial charge in [0.25, 0.3) is 0 Å². The van der Waals surface area contributed by atoms with Gasteiger partial charge in [0.1, 0.15) is 0 Å². The Balaban J connectivity index is 0. The monoisotopic (exact) mass is 132 g/mol. The van der Waals surface area contributed by atoms with Crippen molar-refractivity contribution in [1.29, 1.82) is 0 Å². The minimum Gasteiger partial charge on any atom is -0.435 e. The normalized spacial score (nSPS) is 6.56. The van der Waals surface area contributed by atoms with E-state index < -0.39 is 0 Å². The number of rotatable bonds is 1. The Morgan fingerprint density at radius 1 is 1.56 bits per heavy atom. The second-order valence-electron chi connectivity index (χ2n) is 1.18. The van der Waals surface area contributed by atoms with Gasteiger partial charge in [0.05, 0.1) is 6.26 Å². The number of ether oxygens (including phenoxy) is 2.